The second kappa shape index (κ2) is 18.8. The van der Waals surface area contributed by atoms with Crippen molar-refractivity contribution in [3.05, 3.63) is 112 Å². The van der Waals surface area contributed by atoms with Gasteiger partial charge in [0.15, 0.2) is 5.78 Å². The Balaban J connectivity index is 0.709. The Morgan fingerprint density at radius 3 is 2.33 bits per heavy atom. The van der Waals surface area contributed by atoms with Gasteiger partial charge >= 0.3 is 0 Å². The number of halogens is 1. The summed E-state index contributed by atoms with van der Waals surface area (Å²) in [4.78, 5) is 85.1. The molecule has 3 fully saturated rings. The molecular formula is C48H51ClN8O6. The van der Waals surface area contributed by atoms with E-state index in [1.165, 1.54) is 12.8 Å². The molecule has 0 saturated carbocycles. The molecule has 326 valence electrons. The number of H-pyrrole nitrogens is 1. The highest BCUT2D eigenvalue weighted by molar-refractivity contribution is 6.35. The number of hydrogen-bond acceptors (Lipinski definition) is 11. The van der Waals surface area contributed by atoms with Crippen molar-refractivity contribution in [3.63, 3.8) is 0 Å². The summed E-state index contributed by atoms with van der Waals surface area (Å²) >= 11 is 6.66. The molecule has 15 heteroatoms. The van der Waals surface area contributed by atoms with Crippen molar-refractivity contribution >= 4 is 57.7 Å². The summed E-state index contributed by atoms with van der Waals surface area (Å²) in [6, 6.07) is 19.0. The maximum atomic E-state index is 13.9. The molecule has 0 spiro atoms. The third-order valence-electron chi connectivity index (χ3n) is 12.9. The minimum Gasteiger partial charge on any atom is -0.457 e. The number of carbonyl (C=O) groups excluding carboxylic acids is 5. The van der Waals surface area contributed by atoms with E-state index in [0.717, 1.165) is 106 Å². The fourth-order valence-corrected chi connectivity index (χ4v) is 9.83. The van der Waals surface area contributed by atoms with Crippen molar-refractivity contribution in [3.8, 4) is 11.5 Å². The molecule has 2 aromatic heterocycles. The van der Waals surface area contributed by atoms with Crippen molar-refractivity contribution in [1.82, 2.24) is 35.0 Å². The van der Waals surface area contributed by atoms with Crippen LogP contribution in [0, 0.1) is 5.92 Å². The van der Waals surface area contributed by atoms with E-state index in [-0.39, 0.29) is 24.5 Å². The van der Waals surface area contributed by atoms with Crippen LogP contribution in [-0.2, 0) is 16.0 Å². The first-order valence-corrected chi connectivity index (χ1v) is 22.5. The Morgan fingerprint density at radius 2 is 1.56 bits per heavy atom. The van der Waals surface area contributed by atoms with E-state index in [0.29, 0.717) is 50.3 Å². The summed E-state index contributed by atoms with van der Waals surface area (Å²) in [5.74, 6) is -0.459. The lowest BCUT2D eigenvalue weighted by Gasteiger charge is -2.36. The Morgan fingerprint density at radius 1 is 0.778 bits per heavy atom. The Kier molecular flexibility index (Phi) is 12.6. The second-order valence-electron chi connectivity index (χ2n) is 17.1. The van der Waals surface area contributed by atoms with Gasteiger partial charge in [0.25, 0.3) is 11.8 Å². The molecule has 0 aliphatic carbocycles. The summed E-state index contributed by atoms with van der Waals surface area (Å²) in [5.41, 5.74) is 3.96. The number of piperazine rings is 1. The maximum Gasteiger partial charge on any atom is 0.262 e. The van der Waals surface area contributed by atoms with E-state index >= 15 is 0 Å². The molecule has 4 aliphatic heterocycles. The third-order valence-corrected chi connectivity index (χ3v) is 13.2. The van der Waals surface area contributed by atoms with Crippen LogP contribution in [0.15, 0.2) is 79.3 Å². The minimum atomic E-state index is -0.966. The predicted octanol–water partition coefficient (Wildman–Crippen LogP) is 6.67. The van der Waals surface area contributed by atoms with Crippen LogP contribution in [-0.4, -0.2) is 117 Å². The quantitative estimate of drug-likeness (QED) is 0.0657. The minimum absolute atomic E-state index is 0.0966. The van der Waals surface area contributed by atoms with Crippen molar-refractivity contribution in [2.24, 2.45) is 5.92 Å². The summed E-state index contributed by atoms with van der Waals surface area (Å²) in [7, 11) is 0. The van der Waals surface area contributed by atoms with E-state index in [9.17, 15) is 24.0 Å². The number of imide groups is 2. The summed E-state index contributed by atoms with van der Waals surface area (Å²) in [6.45, 7) is 7.72. The number of ketones is 1. The fourth-order valence-electron chi connectivity index (χ4n) is 9.58. The largest absolute Gasteiger partial charge is 0.457 e. The number of benzene rings is 3. The zero-order chi connectivity index (χ0) is 43.5. The number of aromatic amines is 1. The van der Waals surface area contributed by atoms with E-state index in [2.05, 4.69) is 30.0 Å². The van der Waals surface area contributed by atoms with E-state index in [4.69, 9.17) is 21.3 Å². The molecule has 9 rings (SSSR count). The second-order valence-corrected chi connectivity index (χ2v) is 17.5. The number of carbonyl (C=O) groups is 5. The van der Waals surface area contributed by atoms with Crippen LogP contribution < -0.4 is 15.0 Å². The molecule has 5 aromatic rings. The standard InChI is InChI=1S/C48H51ClN8O6/c49-39-27-34(63-33-10-4-3-5-11-33)13-15-36(39)44(59)38-28-50-45-43(38)40(51-30-52-45)25-31-9-8-20-55(29-31)19-7-2-1-6-18-54-21-23-56(24-22-54)32-12-14-35-37(26-32)48(62)57(47(35)61)41-16-17-42(58)53-46(41)60/h3-5,10-15,26-28,30-31,41H,1-2,6-9,16-25,29H2,(H,50,51,52)(H,53,58,60)/t31-,41?/m0/s1. The van der Waals surface area contributed by atoms with Crippen molar-refractivity contribution in [2.45, 2.75) is 63.8 Å². The number of para-hydroxylation sites is 1. The lowest BCUT2D eigenvalue weighted by molar-refractivity contribution is -0.136. The monoisotopic (exact) mass is 870 g/mol. The van der Waals surface area contributed by atoms with Gasteiger partial charge in [-0.3, -0.25) is 39.1 Å². The summed E-state index contributed by atoms with van der Waals surface area (Å²) in [6.07, 6.45) is 11.2. The third kappa shape index (κ3) is 9.25. The van der Waals surface area contributed by atoms with Gasteiger partial charge in [-0.25, -0.2) is 9.97 Å². The van der Waals surface area contributed by atoms with Gasteiger partial charge in [-0.05, 0) is 107 Å². The Labute approximate surface area is 370 Å². The molecule has 14 nitrogen and oxygen atoms in total. The topological polar surface area (TPSA) is 161 Å². The fraction of sp³-hybridized carbons (Fsp3) is 0.396. The van der Waals surface area contributed by atoms with Crippen LogP contribution in [0.2, 0.25) is 5.02 Å². The van der Waals surface area contributed by atoms with Crippen molar-refractivity contribution in [1.29, 1.82) is 0 Å². The first-order valence-electron chi connectivity index (χ1n) is 22.1. The number of anilines is 1. The molecule has 4 aliphatic rings. The molecule has 0 bridgehead atoms. The van der Waals surface area contributed by atoms with Gasteiger partial charge in [-0.2, -0.15) is 0 Å². The smallest absolute Gasteiger partial charge is 0.262 e. The molecule has 2 N–H and O–H groups in total. The number of amides is 4. The molecule has 0 radical (unpaired) electrons. The average molecular weight is 871 g/mol. The van der Waals surface area contributed by atoms with Gasteiger partial charge < -0.3 is 19.5 Å². The first kappa shape index (κ1) is 42.3. The van der Waals surface area contributed by atoms with Gasteiger partial charge in [0.05, 0.1) is 32.8 Å². The molecular weight excluding hydrogens is 820 g/mol. The van der Waals surface area contributed by atoms with Gasteiger partial charge in [0, 0.05) is 62.7 Å². The first-order chi connectivity index (χ1) is 30.7. The molecule has 6 heterocycles. The number of nitrogens with zero attached hydrogens (tertiary/aromatic N) is 6. The SMILES string of the molecule is O=C1CCC(N2C(=O)c3ccc(N4CCN(CCCCCCN5CCC[C@@H](Cc6ncnc7[nH]cc(C(=O)c8ccc(Oc9ccccc9)cc8Cl)c67)C5)CC4)cc3C2=O)C(=O)N1. The van der Waals surface area contributed by atoms with Gasteiger partial charge in [-0.15, -0.1) is 0 Å². The van der Waals surface area contributed by atoms with Crippen LogP contribution in [0.4, 0.5) is 5.69 Å². The van der Waals surface area contributed by atoms with E-state index in [1.54, 1.807) is 42.9 Å². The molecule has 2 atom stereocenters. The summed E-state index contributed by atoms with van der Waals surface area (Å²) in [5, 5.41) is 3.33. The number of piperidine rings is 2. The number of likely N-dealkylation sites (tertiary alicyclic amines) is 1. The number of hydrogen-bond donors (Lipinski definition) is 2. The molecule has 3 saturated heterocycles. The zero-order valence-electron chi connectivity index (χ0n) is 35.2. The van der Waals surface area contributed by atoms with E-state index < -0.39 is 23.8 Å². The lowest BCUT2D eigenvalue weighted by Crippen LogP contribution is -2.54. The number of aromatic nitrogens is 3. The Hall–Kier alpha value is -5.96. The number of unbranched alkanes of at least 4 members (excludes halogenated alkanes) is 3. The maximum absolute atomic E-state index is 13.9. The molecule has 4 amide bonds. The average Bonchev–Trinajstić information content (AvgIpc) is 3.84. The van der Waals surface area contributed by atoms with Crippen LogP contribution in [0.1, 0.15) is 93.7 Å². The molecule has 1 unspecified atom stereocenters. The van der Waals surface area contributed by atoms with Gasteiger partial charge in [0.2, 0.25) is 11.8 Å². The van der Waals surface area contributed by atoms with Crippen LogP contribution in [0.3, 0.4) is 0 Å². The molecule has 3 aromatic carbocycles. The lowest BCUT2D eigenvalue weighted by atomic mass is 9.91. The van der Waals surface area contributed by atoms with Crippen LogP contribution >= 0.6 is 11.6 Å². The van der Waals surface area contributed by atoms with Crippen molar-refractivity contribution in [2.75, 3.05) is 57.3 Å². The Bertz CT molecular complexity index is 2540. The molecule has 63 heavy (non-hydrogen) atoms. The van der Waals surface area contributed by atoms with Crippen LogP contribution in [0.5, 0.6) is 11.5 Å². The van der Waals surface area contributed by atoms with Crippen LogP contribution in [0.25, 0.3) is 11.0 Å². The summed E-state index contributed by atoms with van der Waals surface area (Å²) < 4.78 is 5.92. The van der Waals surface area contributed by atoms with E-state index in [1.807, 2.05) is 36.4 Å². The highest BCUT2D eigenvalue weighted by Gasteiger charge is 2.45. The highest BCUT2D eigenvalue weighted by Crippen LogP contribution is 2.33. The van der Waals surface area contributed by atoms with Gasteiger partial charge in [0.1, 0.15) is 29.5 Å². The number of nitrogens with one attached hydrogen (secondary N) is 2. The normalized spacial score (nSPS) is 19.8. The number of rotatable bonds is 15. The highest BCUT2D eigenvalue weighted by atomic mass is 35.5. The van der Waals surface area contributed by atoms with Crippen molar-refractivity contribution < 1.29 is 28.7 Å². The number of fused-ring (bicyclic) bond motifs is 2. The zero-order valence-corrected chi connectivity index (χ0v) is 35.9. The predicted molar refractivity (Wildman–Crippen MR) is 238 cm³/mol. The number of ether oxygens (including phenoxy) is 1. The van der Waals surface area contributed by atoms with Gasteiger partial charge in [-0.1, -0.05) is 42.6 Å².